The summed E-state index contributed by atoms with van der Waals surface area (Å²) < 4.78 is 0. The maximum Gasteiger partial charge on any atom is 0.329 e. The van der Waals surface area contributed by atoms with Crippen molar-refractivity contribution in [3.8, 4) is 6.07 Å². The van der Waals surface area contributed by atoms with Gasteiger partial charge in [0.25, 0.3) is 0 Å². The van der Waals surface area contributed by atoms with E-state index in [4.69, 9.17) is 5.26 Å². The number of nitrogens with one attached hydrogen (secondary N) is 1. The van der Waals surface area contributed by atoms with Gasteiger partial charge < -0.3 is 4.90 Å². The third-order valence-corrected chi connectivity index (χ3v) is 3.66. The number of H-pyrrole nitrogens is 1. The minimum absolute atomic E-state index is 0.0108. The van der Waals surface area contributed by atoms with Crippen molar-refractivity contribution in [3.05, 3.63) is 33.8 Å². The Morgan fingerprint density at radius 3 is 3.09 bits per heavy atom. The molecule has 112 valence electrons. The fourth-order valence-electron chi connectivity index (χ4n) is 2.67. The Balaban J connectivity index is 1.94. The maximum atomic E-state index is 11.3. The van der Waals surface area contributed by atoms with E-state index in [1.54, 1.807) is 0 Å². The van der Waals surface area contributed by atoms with Crippen LogP contribution in [0.2, 0.25) is 0 Å². The first kappa shape index (κ1) is 13.9. The van der Waals surface area contributed by atoms with Gasteiger partial charge in [-0.25, -0.2) is 4.98 Å². The van der Waals surface area contributed by atoms with E-state index < -0.39 is 4.92 Å². The van der Waals surface area contributed by atoms with Crippen LogP contribution in [0.3, 0.4) is 0 Å². The number of nitro groups is 1. The Labute approximate surface area is 124 Å². The summed E-state index contributed by atoms with van der Waals surface area (Å²) in [6, 6.07) is 3.20. The molecule has 3 heterocycles. The van der Waals surface area contributed by atoms with E-state index in [2.05, 4.69) is 25.6 Å². The smallest absolute Gasteiger partial charge is 0.329 e. The zero-order valence-corrected chi connectivity index (χ0v) is 11.5. The van der Waals surface area contributed by atoms with Crippen molar-refractivity contribution in [2.24, 2.45) is 0 Å². The second-order valence-electron chi connectivity index (χ2n) is 4.95. The van der Waals surface area contributed by atoms with Gasteiger partial charge in [0.1, 0.15) is 11.6 Å². The van der Waals surface area contributed by atoms with Gasteiger partial charge in [0.2, 0.25) is 5.82 Å². The van der Waals surface area contributed by atoms with Crippen molar-refractivity contribution in [2.45, 2.75) is 18.8 Å². The highest BCUT2D eigenvalue weighted by Gasteiger charge is 2.31. The van der Waals surface area contributed by atoms with Crippen LogP contribution in [-0.2, 0) is 0 Å². The van der Waals surface area contributed by atoms with Crippen molar-refractivity contribution >= 4 is 11.5 Å². The minimum atomic E-state index is -0.557. The van der Waals surface area contributed by atoms with Crippen LogP contribution >= 0.6 is 0 Å². The summed E-state index contributed by atoms with van der Waals surface area (Å²) in [7, 11) is 0. The molecule has 0 radical (unpaired) electrons. The molecule has 3 rings (SSSR count). The number of nitriles is 1. The second kappa shape index (κ2) is 5.72. The molecule has 1 atom stereocenters. The predicted molar refractivity (Wildman–Crippen MR) is 74.0 cm³/mol. The highest BCUT2D eigenvalue weighted by atomic mass is 16.6. The fraction of sp³-hybridized carbons (Fsp3) is 0.417. The fourth-order valence-corrected chi connectivity index (χ4v) is 2.67. The highest BCUT2D eigenvalue weighted by Crippen LogP contribution is 2.33. The summed E-state index contributed by atoms with van der Waals surface area (Å²) in [5.41, 5.74) is -0.240. The van der Waals surface area contributed by atoms with E-state index in [0.717, 1.165) is 12.8 Å². The van der Waals surface area contributed by atoms with Gasteiger partial charge in [-0.3, -0.25) is 10.1 Å². The van der Waals surface area contributed by atoms with Crippen LogP contribution in [0.15, 0.2) is 12.3 Å². The monoisotopic (exact) mass is 300 g/mol. The Bertz CT molecular complexity index is 723. The first-order chi connectivity index (χ1) is 10.7. The number of hydrogen-bond donors (Lipinski definition) is 1. The number of aromatic nitrogens is 5. The molecule has 1 aliphatic rings. The molecular weight excluding hydrogens is 288 g/mol. The standard InChI is InChI=1S/C12H12N8O2/c13-6-8-3-4-14-12(10(8)20(21)22)19-5-1-2-9(7-19)11-15-17-18-16-11/h3-4,9H,1-2,5,7H2,(H,15,16,17,18)/t9-/m1/s1. The normalized spacial score (nSPS) is 18.0. The molecule has 0 amide bonds. The first-order valence-corrected chi connectivity index (χ1v) is 6.72. The molecule has 0 spiro atoms. The third kappa shape index (κ3) is 2.44. The molecule has 0 bridgehead atoms. The van der Waals surface area contributed by atoms with E-state index in [-0.39, 0.29) is 23.0 Å². The Hall–Kier alpha value is -3.09. The zero-order chi connectivity index (χ0) is 15.5. The number of nitrogens with zero attached hydrogens (tertiary/aromatic N) is 7. The van der Waals surface area contributed by atoms with Crippen LogP contribution in [-0.4, -0.2) is 43.6 Å². The zero-order valence-electron chi connectivity index (χ0n) is 11.5. The van der Waals surface area contributed by atoms with Crippen LogP contribution in [0.25, 0.3) is 0 Å². The molecule has 1 saturated heterocycles. The number of hydrogen-bond acceptors (Lipinski definition) is 8. The molecule has 0 aromatic carbocycles. The number of piperidine rings is 1. The van der Waals surface area contributed by atoms with Crippen molar-refractivity contribution in [1.82, 2.24) is 25.6 Å². The van der Waals surface area contributed by atoms with Gasteiger partial charge in [0, 0.05) is 25.2 Å². The summed E-state index contributed by atoms with van der Waals surface area (Å²) in [6.07, 6.45) is 3.12. The average molecular weight is 300 g/mol. The van der Waals surface area contributed by atoms with Crippen LogP contribution in [0.4, 0.5) is 11.5 Å². The lowest BCUT2D eigenvalue weighted by atomic mass is 9.97. The summed E-state index contributed by atoms with van der Waals surface area (Å²) >= 11 is 0. The first-order valence-electron chi connectivity index (χ1n) is 6.72. The van der Waals surface area contributed by atoms with E-state index in [9.17, 15) is 10.1 Å². The molecule has 22 heavy (non-hydrogen) atoms. The quantitative estimate of drug-likeness (QED) is 0.647. The SMILES string of the molecule is N#Cc1ccnc(N2CCC[C@@H](c3nn[nH]n3)C2)c1[N+](=O)[O-]. The predicted octanol–water partition coefficient (Wildman–Crippen LogP) is 0.759. The van der Waals surface area contributed by atoms with Gasteiger partial charge in [-0.15, -0.1) is 10.2 Å². The summed E-state index contributed by atoms with van der Waals surface area (Å²) in [5, 5.41) is 34.3. The Morgan fingerprint density at radius 1 is 1.55 bits per heavy atom. The minimum Gasteiger partial charge on any atom is -0.350 e. The summed E-state index contributed by atoms with van der Waals surface area (Å²) in [6.45, 7) is 1.14. The number of pyridine rings is 1. The van der Waals surface area contributed by atoms with Crippen LogP contribution in [0.1, 0.15) is 30.1 Å². The molecule has 1 aliphatic heterocycles. The second-order valence-corrected chi connectivity index (χ2v) is 4.95. The Kier molecular flexibility index (Phi) is 3.61. The van der Waals surface area contributed by atoms with E-state index in [1.807, 2.05) is 11.0 Å². The molecule has 0 saturated carbocycles. The lowest BCUT2D eigenvalue weighted by molar-refractivity contribution is -0.384. The van der Waals surface area contributed by atoms with Crippen molar-refractivity contribution < 1.29 is 4.92 Å². The number of rotatable bonds is 3. The van der Waals surface area contributed by atoms with E-state index >= 15 is 0 Å². The molecule has 1 fully saturated rings. The number of aromatic amines is 1. The van der Waals surface area contributed by atoms with Gasteiger partial charge >= 0.3 is 5.69 Å². The lowest BCUT2D eigenvalue weighted by Crippen LogP contribution is -2.35. The molecule has 2 aromatic heterocycles. The third-order valence-electron chi connectivity index (χ3n) is 3.66. The lowest BCUT2D eigenvalue weighted by Gasteiger charge is -2.31. The van der Waals surface area contributed by atoms with Gasteiger partial charge in [0.15, 0.2) is 5.82 Å². The van der Waals surface area contributed by atoms with Gasteiger partial charge in [-0.1, -0.05) is 5.21 Å². The highest BCUT2D eigenvalue weighted by molar-refractivity contribution is 5.65. The van der Waals surface area contributed by atoms with Gasteiger partial charge in [0.05, 0.1) is 4.92 Å². The summed E-state index contributed by atoms with van der Waals surface area (Å²) in [5.74, 6) is 0.834. The van der Waals surface area contributed by atoms with E-state index in [1.165, 1.54) is 12.3 Å². The van der Waals surface area contributed by atoms with Crippen LogP contribution < -0.4 is 4.90 Å². The average Bonchev–Trinajstić information content (AvgIpc) is 3.08. The van der Waals surface area contributed by atoms with Crippen molar-refractivity contribution in [2.75, 3.05) is 18.0 Å². The molecule has 0 unspecified atom stereocenters. The largest absolute Gasteiger partial charge is 0.350 e. The summed E-state index contributed by atoms with van der Waals surface area (Å²) in [4.78, 5) is 16.7. The van der Waals surface area contributed by atoms with Crippen molar-refractivity contribution in [1.29, 1.82) is 5.26 Å². The van der Waals surface area contributed by atoms with Gasteiger partial charge in [-0.05, 0) is 18.9 Å². The molecular formula is C12H12N8O2. The number of tetrazole rings is 1. The molecule has 1 N–H and O–H groups in total. The molecule has 10 nitrogen and oxygen atoms in total. The topological polar surface area (TPSA) is 138 Å². The van der Waals surface area contributed by atoms with Gasteiger partial charge in [-0.2, -0.15) is 10.5 Å². The molecule has 10 heteroatoms. The Morgan fingerprint density at radius 2 is 2.41 bits per heavy atom. The molecule has 0 aliphatic carbocycles. The number of anilines is 1. The molecule has 2 aromatic rings. The van der Waals surface area contributed by atoms with Crippen LogP contribution in [0.5, 0.6) is 0 Å². The van der Waals surface area contributed by atoms with Crippen LogP contribution in [0, 0.1) is 21.4 Å². The maximum absolute atomic E-state index is 11.3. The van der Waals surface area contributed by atoms with Crippen molar-refractivity contribution in [3.63, 3.8) is 0 Å². The van der Waals surface area contributed by atoms with E-state index in [0.29, 0.717) is 18.9 Å².